The van der Waals surface area contributed by atoms with Gasteiger partial charge in [-0.2, -0.15) is 5.26 Å². The van der Waals surface area contributed by atoms with Gasteiger partial charge in [0.25, 0.3) is 0 Å². The van der Waals surface area contributed by atoms with E-state index in [4.69, 9.17) is 9.68 Å². The molecule has 6 heteroatoms. The van der Waals surface area contributed by atoms with Gasteiger partial charge < -0.3 is 4.42 Å². The minimum Gasteiger partial charge on any atom is -0.468 e. The lowest BCUT2D eigenvalue weighted by Gasteiger charge is -2.22. The fourth-order valence-electron chi connectivity index (χ4n) is 2.06. The average molecular weight is 318 g/mol. The van der Waals surface area contributed by atoms with E-state index < -0.39 is 9.84 Å². The quantitative estimate of drug-likeness (QED) is 0.818. The molecule has 1 aromatic heterocycles. The molecular weight excluding hydrogens is 300 g/mol. The summed E-state index contributed by atoms with van der Waals surface area (Å²) in [6.07, 6.45) is 1.60. The molecule has 0 aliphatic heterocycles. The fraction of sp³-hybridized carbons (Fsp3) is 0.312. The third-order valence-electron chi connectivity index (χ3n) is 3.67. The molecule has 0 saturated carbocycles. The molecular formula is C16H18N2O3S. The molecule has 5 nitrogen and oxygen atoms in total. The van der Waals surface area contributed by atoms with Gasteiger partial charge in [0.1, 0.15) is 5.76 Å². The summed E-state index contributed by atoms with van der Waals surface area (Å²) < 4.78 is 30.0. The molecule has 1 atom stereocenters. The Morgan fingerprint density at radius 2 is 1.95 bits per heavy atom. The molecule has 116 valence electrons. The standard InChI is InChI=1S/C16H18N2O3S/c1-13(16-4-3-10-21-16)18(2)9-11-22(19,20)15-7-5-14(12-17)6-8-15/h3-8,10,13H,9,11H2,1-2H3. The first-order chi connectivity index (χ1) is 10.4. The van der Waals surface area contributed by atoms with Gasteiger partial charge in [-0.3, -0.25) is 4.90 Å². The second-order valence-corrected chi connectivity index (χ2v) is 7.24. The monoisotopic (exact) mass is 318 g/mol. The van der Waals surface area contributed by atoms with Crippen LogP contribution < -0.4 is 0 Å². The molecule has 0 aliphatic carbocycles. The zero-order valence-corrected chi connectivity index (χ0v) is 13.4. The van der Waals surface area contributed by atoms with Crippen molar-refractivity contribution in [2.24, 2.45) is 0 Å². The van der Waals surface area contributed by atoms with Crippen LogP contribution >= 0.6 is 0 Å². The third kappa shape index (κ3) is 3.75. The Balaban J connectivity index is 2.01. The first-order valence-corrected chi connectivity index (χ1v) is 8.56. The number of sulfone groups is 1. The Morgan fingerprint density at radius 1 is 1.27 bits per heavy atom. The van der Waals surface area contributed by atoms with Crippen LogP contribution in [0.15, 0.2) is 52.0 Å². The molecule has 0 saturated heterocycles. The fourth-order valence-corrected chi connectivity index (χ4v) is 3.37. The first-order valence-electron chi connectivity index (χ1n) is 6.90. The summed E-state index contributed by atoms with van der Waals surface area (Å²) in [6, 6.07) is 11.6. The maximum atomic E-state index is 12.3. The lowest BCUT2D eigenvalue weighted by molar-refractivity contribution is 0.243. The highest BCUT2D eigenvalue weighted by molar-refractivity contribution is 7.91. The summed E-state index contributed by atoms with van der Waals surface area (Å²) in [4.78, 5) is 2.17. The smallest absolute Gasteiger partial charge is 0.179 e. The normalized spacial score (nSPS) is 13.0. The molecule has 1 aromatic carbocycles. The Hall–Kier alpha value is -2.10. The molecule has 0 amide bonds. The summed E-state index contributed by atoms with van der Waals surface area (Å²) in [5.74, 6) is 0.818. The summed E-state index contributed by atoms with van der Waals surface area (Å²) in [5.41, 5.74) is 0.447. The molecule has 0 bridgehead atoms. The van der Waals surface area contributed by atoms with Crippen molar-refractivity contribution in [3.05, 3.63) is 54.0 Å². The van der Waals surface area contributed by atoms with Crippen molar-refractivity contribution in [3.8, 4) is 6.07 Å². The van der Waals surface area contributed by atoms with Gasteiger partial charge in [0, 0.05) is 6.54 Å². The Labute approximate surface area is 130 Å². The van der Waals surface area contributed by atoms with Crippen LogP contribution in [0.3, 0.4) is 0 Å². The van der Waals surface area contributed by atoms with Gasteiger partial charge in [-0.05, 0) is 50.4 Å². The number of hydrogen-bond acceptors (Lipinski definition) is 5. The summed E-state index contributed by atoms with van der Waals surface area (Å²) in [5, 5.41) is 8.74. The lowest BCUT2D eigenvalue weighted by Crippen LogP contribution is -2.28. The highest BCUT2D eigenvalue weighted by atomic mass is 32.2. The van der Waals surface area contributed by atoms with Gasteiger partial charge in [0.05, 0.1) is 34.6 Å². The first kappa shape index (κ1) is 16.3. The molecule has 1 unspecified atom stereocenters. The van der Waals surface area contributed by atoms with E-state index in [1.807, 2.05) is 37.1 Å². The Kier molecular flexibility index (Phi) is 5.01. The van der Waals surface area contributed by atoms with Crippen LogP contribution in [0.5, 0.6) is 0 Å². The van der Waals surface area contributed by atoms with E-state index in [-0.39, 0.29) is 16.7 Å². The van der Waals surface area contributed by atoms with Crippen LogP contribution in [0.25, 0.3) is 0 Å². The number of furan rings is 1. The maximum absolute atomic E-state index is 12.3. The summed E-state index contributed by atoms with van der Waals surface area (Å²) in [7, 11) is -1.50. The molecule has 22 heavy (non-hydrogen) atoms. The highest BCUT2D eigenvalue weighted by Gasteiger charge is 2.19. The molecule has 2 rings (SSSR count). The summed E-state index contributed by atoms with van der Waals surface area (Å²) in [6.45, 7) is 2.36. The molecule has 1 heterocycles. The molecule has 0 fully saturated rings. The van der Waals surface area contributed by atoms with Gasteiger partial charge in [-0.25, -0.2) is 8.42 Å². The van der Waals surface area contributed by atoms with Crippen LogP contribution in [0, 0.1) is 11.3 Å². The number of nitrogens with zero attached hydrogens (tertiary/aromatic N) is 2. The highest BCUT2D eigenvalue weighted by Crippen LogP contribution is 2.19. The van der Waals surface area contributed by atoms with E-state index >= 15 is 0 Å². The van der Waals surface area contributed by atoms with Crippen molar-refractivity contribution in [1.29, 1.82) is 5.26 Å². The zero-order valence-electron chi connectivity index (χ0n) is 12.6. The van der Waals surface area contributed by atoms with Crippen molar-refractivity contribution < 1.29 is 12.8 Å². The zero-order chi connectivity index (χ0) is 16.2. The van der Waals surface area contributed by atoms with Crippen LogP contribution in [0.4, 0.5) is 0 Å². The average Bonchev–Trinajstić information content (AvgIpc) is 3.06. The third-order valence-corrected chi connectivity index (χ3v) is 5.38. The topological polar surface area (TPSA) is 74.3 Å². The number of rotatable bonds is 6. The van der Waals surface area contributed by atoms with E-state index in [1.54, 1.807) is 6.26 Å². The minimum atomic E-state index is -3.36. The second-order valence-electron chi connectivity index (χ2n) is 5.13. The lowest BCUT2D eigenvalue weighted by atomic mass is 10.2. The molecule has 0 spiro atoms. The van der Waals surface area contributed by atoms with Crippen molar-refractivity contribution in [2.75, 3.05) is 19.3 Å². The maximum Gasteiger partial charge on any atom is 0.179 e. The van der Waals surface area contributed by atoms with Crippen molar-refractivity contribution >= 4 is 9.84 Å². The molecule has 0 N–H and O–H groups in total. The van der Waals surface area contributed by atoms with Crippen molar-refractivity contribution in [3.63, 3.8) is 0 Å². The van der Waals surface area contributed by atoms with E-state index in [1.165, 1.54) is 24.3 Å². The Morgan fingerprint density at radius 3 is 2.50 bits per heavy atom. The number of nitriles is 1. The Bertz CT molecular complexity index is 744. The summed E-state index contributed by atoms with van der Waals surface area (Å²) >= 11 is 0. The molecule has 0 radical (unpaired) electrons. The van der Waals surface area contributed by atoms with Crippen LogP contribution in [-0.2, 0) is 9.84 Å². The number of benzene rings is 1. The van der Waals surface area contributed by atoms with Gasteiger partial charge in [0.15, 0.2) is 9.84 Å². The molecule has 2 aromatic rings. The van der Waals surface area contributed by atoms with E-state index in [2.05, 4.69) is 0 Å². The van der Waals surface area contributed by atoms with Gasteiger partial charge in [-0.15, -0.1) is 0 Å². The van der Waals surface area contributed by atoms with Gasteiger partial charge in [0.2, 0.25) is 0 Å². The van der Waals surface area contributed by atoms with Gasteiger partial charge in [-0.1, -0.05) is 0 Å². The van der Waals surface area contributed by atoms with E-state index in [0.717, 1.165) is 5.76 Å². The predicted molar refractivity (Wildman–Crippen MR) is 83.0 cm³/mol. The van der Waals surface area contributed by atoms with Gasteiger partial charge >= 0.3 is 0 Å². The van der Waals surface area contributed by atoms with Crippen LogP contribution in [-0.4, -0.2) is 32.7 Å². The van der Waals surface area contributed by atoms with Crippen molar-refractivity contribution in [1.82, 2.24) is 4.90 Å². The van der Waals surface area contributed by atoms with Crippen LogP contribution in [0.2, 0.25) is 0 Å². The predicted octanol–water partition coefficient (Wildman–Crippen LogP) is 2.62. The minimum absolute atomic E-state index is 0.00571. The second kappa shape index (κ2) is 6.77. The van der Waals surface area contributed by atoms with Crippen molar-refractivity contribution in [2.45, 2.75) is 17.9 Å². The largest absolute Gasteiger partial charge is 0.468 e. The van der Waals surface area contributed by atoms with E-state index in [0.29, 0.717) is 12.1 Å². The SMILES string of the molecule is CC(c1ccco1)N(C)CCS(=O)(=O)c1ccc(C#N)cc1. The van der Waals surface area contributed by atoms with Crippen LogP contribution in [0.1, 0.15) is 24.3 Å². The van der Waals surface area contributed by atoms with E-state index in [9.17, 15) is 8.42 Å². The number of hydrogen-bond donors (Lipinski definition) is 0. The molecule has 0 aliphatic rings.